The summed E-state index contributed by atoms with van der Waals surface area (Å²) < 4.78 is 11.6. The summed E-state index contributed by atoms with van der Waals surface area (Å²) in [6.07, 6.45) is 2.51. The molecule has 1 aliphatic heterocycles. The smallest absolute Gasteiger partial charge is 0.333 e. The number of amides is 4. The van der Waals surface area contributed by atoms with E-state index in [9.17, 15) is 14.4 Å². The SMILES string of the molecule is CCN(CC)CCCOc1ccc(N2C(=O)NC(=Cc3ccc(Oc4ccccc4C(N)=O)cc3)C2=O)cc1.Cl. The predicted molar refractivity (Wildman–Crippen MR) is 157 cm³/mol. The minimum atomic E-state index is -0.583. The number of nitrogens with two attached hydrogens (primary N) is 1. The number of rotatable bonds is 12. The second-order valence-corrected chi connectivity index (χ2v) is 8.88. The Morgan fingerprint density at radius 2 is 1.60 bits per heavy atom. The Bertz CT molecular complexity index is 1360. The van der Waals surface area contributed by atoms with Crippen molar-refractivity contribution < 1.29 is 23.9 Å². The van der Waals surface area contributed by atoms with Gasteiger partial charge in [0.2, 0.25) is 0 Å². The Labute approximate surface area is 240 Å². The summed E-state index contributed by atoms with van der Waals surface area (Å²) in [5, 5.41) is 2.63. The molecular weight excluding hydrogens is 532 g/mol. The third kappa shape index (κ3) is 7.40. The van der Waals surface area contributed by atoms with Crippen molar-refractivity contribution in [3.05, 3.63) is 89.6 Å². The van der Waals surface area contributed by atoms with E-state index in [0.717, 1.165) is 31.0 Å². The van der Waals surface area contributed by atoms with E-state index >= 15 is 0 Å². The van der Waals surface area contributed by atoms with Gasteiger partial charge in [0.15, 0.2) is 0 Å². The van der Waals surface area contributed by atoms with Gasteiger partial charge in [0.25, 0.3) is 11.8 Å². The molecule has 0 aromatic heterocycles. The van der Waals surface area contributed by atoms with Gasteiger partial charge in [0.1, 0.15) is 22.9 Å². The zero-order chi connectivity index (χ0) is 27.8. The molecule has 0 spiro atoms. The van der Waals surface area contributed by atoms with Crippen molar-refractivity contribution in [2.24, 2.45) is 5.73 Å². The number of primary amides is 1. The Hall–Kier alpha value is -4.34. The van der Waals surface area contributed by atoms with Gasteiger partial charge < -0.3 is 25.4 Å². The molecular formula is C30H33ClN4O5. The average Bonchev–Trinajstić information content (AvgIpc) is 3.22. The molecule has 0 bridgehead atoms. The van der Waals surface area contributed by atoms with Crippen LogP contribution in [0.15, 0.2) is 78.5 Å². The number of urea groups is 1. The number of anilines is 1. The second kappa shape index (κ2) is 14.2. The Balaban J connectivity index is 0.00000441. The molecule has 3 aromatic rings. The number of halogens is 1. The summed E-state index contributed by atoms with van der Waals surface area (Å²) in [7, 11) is 0. The summed E-state index contributed by atoms with van der Waals surface area (Å²) in [4.78, 5) is 40.7. The molecule has 1 aliphatic rings. The summed E-state index contributed by atoms with van der Waals surface area (Å²) in [5.74, 6) is 0.483. The maximum atomic E-state index is 13.0. The summed E-state index contributed by atoms with van der Waals surface area (Å²) in [6.45, 7) is 7.87. The van der Waals surface area contributed by atoms with E-state index in [1.54, 1.807) is 78.9 Å². The highest BCUT2D eigenvalue weighted by Crippen LogP contribution is 2.27. The van der Waals surface area contributed by atoms with Gasteiger partial charge in [0.05, 0.1) is 17.9 Å². The Morgan fingerprint density at radius 1 is 0.950 bits per heavy atom. The number of carbonyl (C=O) groups is 3. The van der Waals surface area contributed by atoms with Crippen LogP contribution in [0.4, 0.5) is 10.5 Å². The lowest BCUT2D eigenvalue weighted by atomic mass is 10.1. The monoisotopic (exact) mass is 564 g/mol. The highest BCUT2D eigenvalue weighted by atomic mass is 35.5. The Kier molecular flexibility index (Phi) is 10.7. The quantitative estimate of drug-likeness (QED) is 0.177. The molecule has 9 nitrogen and oxygen atoms in total. The fourth-order valence-corrected chi connectivity index (χ4v) is 4.16. The van der Waals surface area contributed by atoms with Crippen LogP contribution in [0.1, 0.15) is 36.2 Å². The normalized spacial score (nSPS) is 13.8. The van der Waals surface area contributed by atoms with Crippen molar-refractivity contribution >= 4 is 42.0 Å². The molecule has 1 saturated heterocycles. The molecule has 40 heavy (non-hydrogen) atoms. The number of hydrogen-bond donors (Lipinski definition) is 2. The van der Waals surface area contributed by atoms with Gasteiger partial charge in [-0.05, 0) is 79.7 Å². The van der Waals surface area contributed by atoms with E-state index in [-0.39, 0.29) is 23.7 Å². The number of benzene rings is 3. The van der Waals surface area contributed by atoms with E-state index in [1.807, 2.05) is 0 Å². The molecule has 0 atom stereocenters. The summed E-state index contributed by atoms with van der Waals surface area (Å²) in [6, 6.07) is 19.9. The third-order valence-electron chi connectivity index (χ3n) is 6.33. The van der Waals surface area contributed by atoms with Crippen molar-refractivity contribution in [2.75, 3.05) is 31.1 Å². The van der Waals surface area contributed by atoms with Crippen LogP contribution in [0.3, 0.4) is 0 Å². The number of ether oxygens (including phenoxy) is 2. The highest BCUT2D eigenvalue weighted by molar-refractivity contribution is 6.28. The zero-order valence-corrected chi connectivity index (χ0v) is 23.3. The molecule has 0 radical (unpaired) electrons. The molecule has 0 unspecified atom stereocenters. The van der Waals surface area contributed by atoms with Crippen molar-refractivity contribution in [1.82, 2.24) is 10.2 Å². The number of carbonyl (C=O) groups excluding carboxylic acids is 3. The van der Waals surface area contributed by atoms with E-state index < -0.39 is 17.8 Å². The Morgan fingerprint density at radius 3 is 2.25 bits per heavy atom. The first kappa shape index (κ1) is 30.2. The lowest BCUT2D eigenvalue weighted by molar-refractivity contribution is -0.113. The number of imide groups is 1. The molecule has 3 aromatic carbocycles. The third-order valence-corrected chi connectivity index (χ3v) is 6.33. The van der Waals surface area contributed by atoms with Crippen molar-refractivity contribution in [2.45, 2.75) is 20.3 Å². The van der Waals surface area contributed by atoms with Crippen LogP contribution in [-0.4, -0.2) is 49.0 Å². The molecule has 0 saturated carbocycles. The zero-order valence-electron chi connectivity index (χ0n) is 22.5. The molecule has 210 valence electrons. The number of nitrogens with one attached hydrogen (secondary N) is 1. The molecule has 4 amide bonds. The maximum absolute atomic E-state index is 13.0. The van der Waals surface area contributed by atoms with E-state index in [1.165, 1.54) is 0 Å². The largest absolute Gasteiger partial charge is 0.494 e. The van der Waals surface area contributed by atoms with Crippen LogP contribution in [0.5, 0.6) is 17.2 Å². The number of para-hydroxylation sites is 1. The summed E-state index contributed by atoms with van der Waals surface area (Å²) in [5.41, 5.74) is 6.98. The highest BCUT2D eigenvalue weighted by Gasteiger charge is 2.34. The number of nitrogens with zero attached hydrogens (tertiary/aromatic N) is 2. The first-order valence-corrected chi connectivity index (χ1v) is 12.9. The molecule has 1 heterocycles. The first-order chi connectivity index (χ1) is 18.9. The number of hydrogen-bond acceptors (Lipinski definition) is 6. The van der Waals surface area contributed by atoms with Gasteiger partial charge in [-0.15, -0.1) is 12.4 Å². The first-order valence-electron chi connectivity index (χ1n) is 12.9. The van der Waals surface area contributed by atoms with Gasteiger partial charge in [-0.3, -0.25) is 9.59 Å². The molecule has 1 fully saturated rings. The van der Waals surface area contributed by atoms with Gasteiger partial charge in [-0.25, -0.2) is 9.69 Å². The van der Waals surface area contributed by atoms with Crippen LogP contribution in [-0.2, 0) is 4.79 Å². The van der Waals surface area contributed by atoms with Crippen molar-refractivity contribution in [1.29, 1.82) is 0 Å². The van der Waals surface area contributed by atoms with Crippen LogP contribution in [0.25, 0.3) is 6.08 Å². The molecule has 3 N–H and O–H groups in total. The van der Waals surface area contributed by atoms with E-state index in [4.69, 9.17) is 15.2 Å². The average molecular weight is 565 g/mol. The van der Waals surface area contributed by atoms with Crippen LogP contribution in [0.2, 0.25) is 0 Å². The lowest BCUT2D eigenvalue weighted by Gasteiger charge is -2.18. The molecule has 0 aliphatic carbocycles. The van der Waals surface area contributed by atoms with Crippen LogP contribution >= 0.6 is 12.4 Å². The summed E-state index contributed by atoms with van der Waals surface area (Å²) >= 11 is 0. The van der Waals surface area contributed by atoms with Gasteiger partial charge in [-0.1, -0.05) is 38.1 Å². The lowest BCUT2D eigenvalue weighted by Crippen LogP contribution is -2.30. The van der Waals surface area contributed by atoms with E-state index in [2.05, 4.69) is 24.1 Å². The molecule has 10 heteroatoms. The van der Waals surface area contributed by atoms with Crippen molar-refractivity contribution in [3.8, 4) is 17.2 Å². The maximum Gasteiger partial charge on any atom is 0.333 e. The van der Waals surface area contributed by atoms with Crippen LogP contribution in [0, 0.1) is 0 Å². The van der Waals surface area contributed by atoms with E-state index in [0.29, 0.717) is 35.1 Å². The standard InChI is InChI=1S/C30H32N4O5.ClH/c1-3-33(4-2)18-7-19-38-23-16-12-22(13-17-23)34-29(36)26(32-30(34)37)20-21-10-14-24(15-11-21)39-27-9-6-5-8-25(27)28(31)35;/h5-6,8-17,20H,3-4,7,18-19H2,1-2H3,(H2,31,35)(H,32,37);1H. The fourth-order valence-electron chi connectivity index (χ4n) is 4.16. The predicted octanol–water partition coefficient (Wildman–Crippen LogP) is 5.21. The van der Waals surface area contributed by atoms with Gasteiger partial charge in [-0.2, -0.15) is 0 Å². The fraction of sp³-hybridized carbons (Fsp3) is 0.233. The topological polar surface area (TPSA) is 114 Å². The minimum absolute atomic E-state index is 0. The van der Waals surface area contributed by atoms with Gasteiger partial charge >= 0.3 is 6.03 Å². The second-order valence-electron chi connectivity index (χ2n) is 8.88. The van der Waals surface area contributed by atoms with Crippen molar-refractivity contribution in [3.63, 3.8) is 0 Å². The van der Waals surface area contributed by atoms with Crippen LogP contribution < -0.4 is 25.4 Å². The molecule has 4 rings (SSSR count). The van der Waals surface area contributed by atoms with Gasteiger partial charge in [0, 0.05) is 6.54 Å². The minimum Gasteiger partial charge on any atom is -0.494 e.